The molecule has 0 bridgehead atoms. The van der Waals surface area contributed by atoms with Gasteiger partial charge >= 0.3 is 0 Å². The molecule has 1 unspecified atom stereocenters. The fraction of sp³-hybridized carbons (Fsp3) is 0.125. The minimum Gasteiger partial charge on any atom is -0.459 e. The van der Waals surface area contributed by atoms with Gasteiger partial charge < -0.3 is 4.42 Å². The van der Waals surface area contributed by atoms with Crippen LogP contribution in [0, 0.1) is 6.92 Å². The first-order valence-corrected chi connectivity index (χ1v) is 8.08. The van der Waals surface area contributed by atoms with Crippen LogP contribution in [0.3, 0.4) is 0 Å². The highest BCUT2D eigenvalue weighted by molar-refractivity contribution is 9.11. The zero-order chi connectivity index (χ0) is 15.0. The van der Waals surface area contributed by atoms with Gasteiger partial charge in [0.2, 0.25) is 0 Å². The summed E-state index contributed by atoms with van der Waals surface area (Å²) in [6, 6.07) is 13.9. The van der Waals surface area contributed by atoms with Gasteiger partial charge in [-0.05, 0) is 42.8 Å². The highest BCUT2D eigenvalue weighted by Crippen LogP contribution is 2.33. The SMILES string of the molecule is Cc1ccc2oc(C(NN)c3ccc(Br)cc3Br)cc2c1. The number of nitrogens with two attached hydrogens (primary N) is 1. The highest BCUT2D eigenvalue weighted by atomic mass is 79.9. The Kier molecular flexibility index (Phi) is 4.17. The standard InChI is InChI=1S/C16H14Br2N2O/c1-9-2-5-14-10(6-9)7-15(21-14)16(20-19)12-4-3-11(17)8-13(12)18/h2-8,16,20H,19H2,1H3. The fourth-order valence-electron chi connectivity index (χ4n) is 2.39. The minimum absolute atomic E-state index is 0.208. The van der Waals surface area contributed by atoms with Crippen molar-refractivity contribution in [3.8, 4) is 0 Å². The van der Waals surface area contributed by atoms with Gasteiger partial charge in [0.1, 0.15) is 17.4 Å². The zero-order valence-electron chi connectivity index (χ0n) is 11.4. The maximum Gasteiger partial charge on any atom is 0.134 e. The van der Waals surface area contributed by atoms with Gasteiger partial charge in [0.15, 0.2) is 0 Å². The lowest BCUT2D eigenvalue weighted by atomic mass is 10.0. The third-order valence-corrected chi connectivity index (χ3v) is 4.60. The molecule has 0 saturated heterocycles. The molecule has 0 fully saturated rings. The van der Waals surface area contributed by atoms with E-state index in [2.05, 4.69) is 50.3 Å². The van der Waals surface area contributed by atoms with Gasteiger partial charge in [0.05, 0.1) is 0 Å². The molecule has 3 aromatic rings. The van der Waals surface area contributed by atoms with Crippen LogP contribution in [0.2, 0.25) is 0 Å². The molecule has 2 aromatic carbocycles. The number of benzene rings is 2. The molecular weight excluding hydrogens is 396 g/mol. The van der Waals surface area contributed by atoms with E-state index in [1.165, 1.54) is 5.56 Å². The molecule has 1 aromatic heterocycles. The molecule has 3 N–H and O–H groups in total. The Morgan fingerprint density at radius 1 is 1.10 bits per heavy atom. The Hall–Kier alpha value is -1.14. The molecule has 0 aliphatic carbocycles. The van der Waals surface area contributed by atoms with E-state index in [0.717, 1.165) is 31.2 Å². The van der Waals surface area contributed by atoms with Gasteiger partial charge in [-0.25, -0.2) is 5.43 Å². The molecule has 0 saturated carbocycles. The van der Waals surface area contributed by atoms with Crippen LogP contribution in [0.15, 0.2) is 55.8 Å². The monoisotopic (exact) mass is 408 g/mol. The molecule has 3 nitrogen and oxygen atoms in total. The number of hydrogen-bond donors (Lipinski definition) is 2. The van der Waals surface area contributed by atoms with Gasteiger partial charge in [-0.2, -0.15) is 0 Å². The molecule has 1 atom stereocenters. The van der Waals surface area contributed by atoms with Crippen LogP contribution in [0.1, 0.15) is 22.9 Å². The fourth-order valence-corrected chi connectivity index (χ4v) is 3.66. The number of fused-ring (bicyclic) bond motifs is 1. The van der Waals surface area contributed by atoms with Crippen molar-refractivity contribution in [1.29, 1.82) is 0 Å². The number of nitrogens with one attached hydrogen (secondary N) is 1. The third kappa shape index (κ3) is 2.92. The molecule has 1 heterocycles. The lowest BCUT2D eigenvalue weighted by Gasteiger charge is -2.15. The van der Waals surface area contributed by atoms with Gasteiger partial charge in [0, 0.05) is 14.3 Å². The lowest BCUT2D eigenvalue weighted by Crippen LogP contribution is -2.28. The van der Waals surface area contributed by atoms with E-state index >= 15 is 0 Å². The lowest BCUT2D eigenvalue weighted by molar-refractivity contribution is 0.476. The van der Waals surface area contributed by atoms with Gasteiger partial charge in [-0.3, -0.25) is 5.84 Å². The summed E-state index contributed by atoms with van der Waals surface area (Å²) in [7, 11) is 0. The predicted molar refractivity (Wildman–Crippen MR) is 92.0 cm³/mol. The second-order valence-electron chi connectivity index (χ2n) is 4.96. The van der Waals surface area contributed by atoms with Crippen molar-refractivity contribution in [1.82, 2.24) is 5.43 Å². The molecule has 21 heavy (non-hydrogen) atoms. The first-order valence-electron chi connectivity index (χ1n) is 6.49. The highest BCUT2D eigenvalue weighted by Gasteiger charge is 2.19. The summed E-state index contributed by atoms with van der Waals surface area (Å²) in [6.07, 6.45) is 0. The van der Waals surface area contributed by atoms with Gasteiger partial charge in [-0.1, -0.05) is 49.6 Å². The summed E-state index contributed by atoms with van der Waals surface area (Å²) in [5.41, 5.74) is 5.93. The van der Waals surface area contributed by atoms with Gasteiger partial charge in [-0.15, -0.1) is 0 Å². The molecule has 0 amide bonds. The number of hydrogen-bond acceptors (Lipinski definition) is 3. The molecule has 0 aliphatic heterocycles. The molecule has 108 valence electrons. The summed E-state index contributed by atoms with van der Waals surface area (Å²) in [5.74, 6) is 6.55. The second kappa shape index (κ2) is 5.93. The molecule has 0 radical (unpaired) electrons. The van der Waals surface area contributed by atoms with Crippen molar-refractivity contribution in [3.63, 3.8) is 0 Å². The predicted octanol–water partition coefficient (Wildman–Crippen LogP) is 4.82. The zero-order valence-corrected chi connectivity index (χ0v) is 14.5. The summed E-state index contributed by atoms with van der Waals surface area (Å²) < 4.78 is 7.92. The number of aryl methyl sites for hydroxylation is 1. The average molecular weight is 410 g/mol. The molecular formula is C16H14Br2N2O. The largest absolute Gasteiger partial charge is 0.459 e. The molecule has 5 heteroatoms. The Morgan fingerprint density at radius 3 is 2.62 bits per heavy atom. The van der Waals surface area contributed by atoms with E-state index in [-0.39, 0.29) is 6.04 Å². The van der Waals surface area contributed by atoms with E-state index in [1.54, 1.807) is 0 Å². The Balaban J connectivity index is 2.09. The third-order valence-electron chi connectivity index (χ3n) is 3.42. The molecule has 0 spiro atoms. The van der Waals surface area contributed by atoms with E-state index in [4.69, 9.17) is 10.3 Å². The Labute approximate surface area is 139 Å². The first kappa shape index (κ1) is 14.8. The maximum atomic E-state index is 5.94. The van der Waals surface area contributed by atoms with Crippen molar-refractivity contribution >= 4 is 42.8 Å². The molecule has 0 aliphatic rings. The number of halogens is 2. The Bertz CT molecular complexity index is 798. The van der Waals surface area contributed by atoms with Gasteiger partial charge in [0.25, 0.3) is 0 Å². The van der Waals surface area contributed by atoms with Crippen molar-refractivity contribution < 1.29 is 4.42 Å². The number of hydrazine groups is 1. The smallest absolute Gasteiger partial charge is 0.134 e. The van der Waals surface area contributed by atoms with E-state index in [0.29, 0.717) is 0 Å². The summed E-state index contributed by atoms with van der Waals surface area (Å²) >= 11 is 7.03. The minimum atomic E-state index is -0.208. The normalized spacial score (nSPS) is 12.8. The van der Waals surface area contributed by atoms with Crippen molar-refractivity contribution in [2.45, 2.75) is 13.0 Å². The maximum absolute atomic E-state index is 5.94. The first-order chi connectivity index (χ1) is 10.1. The van der Waals surface area contributed by atoms with Crippen LogP contribution in [0.4, 0.5) is 0 Å². The van der Waals surface area contributed by atoms with Crippen molar-refractivity contribution in [2.24, 2.45) is 5.84 Å². The average Bonchev–Trinajstić information content (AvgIpc) is 2.84. The summed E-state index contributed by atoms with van der Waals surface area (Å²) in [6.45, 7) is 2.07. The van der Waals surface area contributed by atoms with Crippen molar-refractivity contribution in [3.05, 3.63) is 68.3 Å². The summed E-state index contributed by atoms with van der Waals surface area (Å²) in [5, 5.41) is 1.08. The van der Waals surface area contributed by atoms with Crippen LogP contribution in [0.5, 0.6) is 0 Å². The molecule has 3 rings (SSSR count). The Morgan fingerprint density at radius 2 is 1.90 bits per heavy atom. The summed E-state index contributed by atoms with van der Waals surface area (Å²) in [4.78, 5) is 0. The van der Waals surface area contributed by atoms with Crippen LogP contribution in [-0.4, -0.2) is 0 Å². The quantitative estimate of drug-likeness (QED) is 0.481. The second-order valence-corrected chi connectivity index (χ2v) is 6.73. The van der Waals surface area contributed by atoms with E-state index < -0.39 is 0 Å². The van der Waals surface area contributed by atoms with Crippen LogP contribution in [0.25, 0.3) is 11.0 Å². The van der Waals surface area contributed by atoms with Crippen LogP contribution >= 0.6 is 31.9 Å². The van der Waals surface area contributed by atoms with Crippen molar-refractivity contribution in [2.75, 3.05) is 0 Å². The van der Waals surface area contributed by atoms with Crippen LogP contribution in [-0.2, 0) is 0 Å². The van der Waals surface area contributed by atoms with Crippen LogP contribution < -0.4 is 11.3 Å². The number of furan rings is 1. The topological polar surface area (TPSA) is 51.2 Å². The number of rotatable bonds is 3. The van der Waals surface area contributed by atoms with E-state index in [1.807, 2.05) is 36.4 Å². The van der Waals surface area contributed by atoms with E-state index in [9.17, 15) is 0 Å².